The van der Waals surface area contributed by atoms with Crippen LogP contribution in [-0.2, 0) is 4.74 Å². The van der Waals surface area contributed by atoms with E-state index in [1.165, 1.54) is 15.6 Å². The van der Waals surface area contributed by atoms with Crippen molar-refractivity contribution >= 4 is 5.52 Å². The number of nitrogens with zero attached hydrogens (tertiary/aromatic N) is 9. The van der Waals surface area contributed by atoms with Gasteiger partial charge in [0.25, 0.3) is 5.92 Å². The summed E-state index contributed by atoms with van der Waals surface area (Å²) in [6, 6.07) is 4.09. The number of ether oxygens (including phenoxy) is 2. The Morgan fingerprint density at radius 3 is 2.57 bits per heavy atom. The van der Waals surface area contributed by atoms with Crippen LogP contribution < -0.4 is 4.74 Å². The number of halogens is 4. The Morgan fingerprint density at radius 2 is 1.91 bits per heavy atom. The standard InChI is InChI=1S/C29H29F4N9O2/c1-17-26(37-38-42(17)21-2-4-39(5-3-21)22-12-43-13-22)18-6-25(28-19(8-34)9-36-41(28)11-18)44-14-24(40-15-29(32,33)16-40)27-23(31)7-20(30)10-35-27/h6-7,9-11,21-22,24H,2-5,12-16H2,1H3. The monoisotopic (exact) mass is 611 g/mol. The summed E-state index contributed by atoms with van der Waals surface area (Å²) in [6.45, 7) is 3.87. The van der Waals surface area contributed by atoms with Gasteiger partial charge < -0.3 is 9.47 Å². The summed E-state index contributed by atoms with van der Waals surface area (Å²) in [5.74, 6) is -4.56. The fourth-order valence-corrected chi connectivity index (χ4v) is 6.25. The summed E-state index contributed by atoms with van der Waals surface area (Å²) in [5.41, 5.74) is 2.45. The van der Waals surface area contributed by atoms with E-state index in [-0.39, 0.29) is 29.7 Å². The normalized spacial score (nSPS) is 20.3. The highest BCUT2D eigenvalue weighted by molar-refractivity contribution is 5.74. The smallest absolute Gasteiger partial charge is 0.272 e. The largest absolute Gasteiger partial charge is 0.489 e. The van der Waals surface area contributed by atoms with Gasteiger partial charge >= 0.3 is 0 Å². The molecule has 44 heavy (non-hydrogen) atoms. The minimum atomic E-state index is -2.94. The van der Waals surface area contributed by atoms with Gasteiger partial charge in [-0.1, -0.05) is 5.21 Å². The van der Waals surface area contributed by atoms with E-state index in [1.54, 1.807) is 12.3 Å². The summed E-state index contributed by atoms with van der Waals surface area (Å²) >= 11 is 0. The maximum absolute atomic E-state index is 14.8. The molecule has 0 amide bonds. The van der Waals surface area contributed by atoms with Gasteiger partial charge in [0, 0.05) is 30.9 Å². The Kier molecular flexibility index (Phi) is 7.22. The highest BCUT2D eigenvalue weighted by Crippen LogP contribution is 2.37. The first-order valence-electron chi connectivity index (χ1n) is 14.4. The number of fused-ring (bicyclic) bond motifs is 1. The molecular weight excluding hydrogens is 582 g/mol. The van der Waals surface area contributed by atoms with E-state index in [0.29, 0.717) is 28.9 Å². The van der Waals surface area contributed by atoms with Crippen LogP contribution in [0.3, 0.4) is 0 Å². The van der Waals surface area contributed by atoms with Crippen LogP contribution in [-0.4, -0.2) is 97.4 Å². The van der Waals surface area contributed by atoms with Crippen molar-refractivity contribution in [3.05, 3.63) is 59.3 Å². The zero-order valence-electron chi connectivity index (χ0n) is 23.8. The molecule has 11 nitrogen and oxygen atoms in total. The summed E-state index contributed by atoms with van der Waals surface area (Å²) in [5, 5.41) is 23.0. The van der Waals surface area contributed by atoms with Crippen LogP contribution in [0.2, 0.25) is 0 Å². The van der Waals surface area contributed by atoms with Crippen LogP contribution >= 0.6 is 0 Å². The van der Waals surface area contributed by atoms with Crippen molar-refractivity contribution in [1.82, 2.24) is 39.4 Å². The molecule has 15 heteroatoms. The predicted molar refractivity (Wildman–Crippen MR) is 147 cm³/mol. The number of hydrogen-bond acceptors (Lipinski definition) is 9. The molecule has 7 heterocycles. The lowest BCUT2D eigenvalue weighted by atomic mass is 10.0. The van der Waals surface area contributed by atoms with Gasteiger partial charge in [0.15, 0.2) is 0 Å². The molecule has 0 aliphatic carbocycles. The van der Waals surface area contributed by atoms with Crippen molar-refractivity contribution in [2.24, 2.45) is 0 Å². The predicted octanol–water partition coefficient (Wildman–Crippen LogP) is 3.55. The van der Waals surface area contributed by atoms with Gasteiger partial charge in [-0.05, 0) is 25.8 Å². The van der Waals surface area contributed by atoms with E-state index in [2.05, 4.69) is 31.4 Å². The molecule has 7 rings (SSSR count). The van der Waals surface area contributed by atoms with Crippen molar-refractivity contribution in [3.8, 4) is 23.1 Å². The van der Waals surface area contributed by atoms with Crippen LogP contribution in [0, 0.1) is 29.9 Å². The average Bonchev–Trinajstić information content (AvgIpc) is 3.55. The maximum atomic E-state index is 14.8. The lowest BCUT2D eigenvalue weighted by Gasteiger charge is -2.43. The molecule has 3 aliphatic heterocycles. The third-order valence-corrected chi connectivity index (χ3v) is 8.74. The molecule has 3 aliphatic rings. The topological polar surface area (TPSA) is 110 Å². The van der Waals surface area contributed by atoms with E-state index < -0.39 is 36.7 Å². The molecule has 4 aromatic heterocycles. The lowest BCUT2D eigenvalue weighted by Crippen LogP contribution is -2.58. The first-order chi connectivity index (χ1) is 21.2. The van der Waals surface area contributed by atoms with Crippen LogP contribution in [0.5, 0.6) is 5.75 Å². The van der Waals surface area contributed by atoms with Gasteiger partial charge in [0.05, 0.1) is 68.2 Å². The maximum Gasteiger partial charge on any atom is 0.272 e. The summed E-state index contributed by atoms with van der Waals surface area (Å²) in [6.07, 6.45) is 5.82. The molecule has 0 bridgehead atoms. The molecule has 0 spiro atoms. The zero-order chi connectivity index (χ0) is 30.6. The second kappa shape index (κ2) is 11.1. The average molecular weight is 612 g/mol. The highest BCUT2D eigenvalue weighted by atomic mass is 19.3. The summed E-state index contributed by atoms with van der Waals surface area (Å²) in [7, 11) is 0. The zero-order valence-corrected chi connectivity index (χ0v) is 23.8. The molecule has 1 unspecified atom stereocenters. The second-order valence-electron chi connectivity index (χ2n) is 11.6. The van der Waals surface area contributed by atoms with Crippen molar-refractivity contribution in [2.45, 2.75) is 43.8 Å². The SMILES string of the molecule is Cc1c(-c2cc(OCC(c3ncc(F)cc3F)N3CC(F)(F)C3)c3c(C#N)cnn3c2)nnn1C1CCN(C2COC2)CC1. The molecule has 0 aromatic carbocycles. The van der Waals surface area contributed by atoms with Crippen molar-refractivity contribution in [1.29, 1.82) is 5.26 Å². The third kappa shape index (κ3) is 5.16. The molecule has 4 aromatic rings. The Labute approximate surface area is 249 Å². The van der Waals surface area contributed by atoms with E-state index in [4.69, 9.17) is 9.47 Å². The lowest BCUT2D eigenvalue weighted by molar-refractivity contribution is -0.151. The van der Waals surface area contributed by atoms with Gasteiger partial charge in [0.2, 0.25) is 0 Å². The van der Waals surface area contributed by atoms with Gasteiger partial charge in [-0.3, -0.25) is 14.8 Å². The van der Waals surface area contributed by atoms with Crippen LogP contribution in [0.15, 0.2) is 30.7 Å². The molecule has 0 N–H and O–H groups in total. The van der Waals surface area contributed by atoms with Crippen molar-refractivity contribution < 1.29 is 27.0 Å². The fraction of sp³-hybridized carbons (Fsp3) is 0.483. The first kappa shape index (κ1) is 28.6. The number of alkyl halides is 2. The number of piperidine rings is 1. The fourth-order valence-electron chi connectivity index (χ4n) is 6.25. The minimum Gasteiger partial charge on any atom is -0.489 e. The van der Waals surface area contributed by atoms with Crippen molar-refractivity contribution in [3.63, 3.8) is 0 Å². The van der Waals surface area contributed by atoms with E-state index in [0.717, 1.165) is 51.0 Å². The van der Waals surface area contributed by atoms with E-state index >= 15 is 0 Å². The number of nitriles is 1. The number of pyridine rings is 2. The highest BCUT2D eigenvalue weighted by Gasteiger charge is 2.48. The molecule has 0 radical (unpaired) electrons. The van der Waals surface area contributed by atoms with Gasteiger partial charge in [-0.2, -0.15) is 10.4 Å². The second-order valence-corrected chi connectivity index (χ2v) is 11.6. The third-order valence-electron chi connectivity index (χ3n) is 8.74. The quantitative estimate of drug-likeness (QED) is 0.276. The molecular formula is C29H29F4N9O2. The van der Waals surface area contributed by atoms with Crippen LogP contribution in [0.4, 0.5) is 17.6 Å². The molecule has 3 saturated heterocycles. The molecule has 1 atom stereocenters. The Hall–Kier alpha value is -4.13. The first-order valence-corrected chi connectivity index (χ1v) is 14.4. The Morgan fingerprint density at radius 1 is 1.14 bits per heavy atom. The van der Waals surface area contributed by atoms with Crippen molar-refractivity contribution in [2.75, 3.05) is 46.0 Å². The van der Waals surface area contributed by atoms with E-state index in [1.807, 2.05) is 11.6 Å². The number of likely N-dealkylation sites (tertiary alicyclic amines) is 2. The van der Waals surface area contributed by atoms with Crippen LogP contribution in [0.25, 0.3) is 16.8 Å². The number of rotatable bonds is 8. The number of hydrogen-bond donors (Lipinski definition) is 0. The van der Waals surface area contributed by atoms with E-state index in [9.17, 15) is 22.8 Å². The summed E-state index contributed by atoms with van der Waals surface area (Å²) in [4.78, 5) is 7.64. The molecule has 230 valence electrons. The summed E-state index contributed by atoms with van der Waals surface area (Å²) < 4.78 is 70.9. The van der Waals surface area contributed by atoms with Crippen LogP contribution in [0.1, 0.15) is 41.9 Å². The Bertz CT molecular complexity index is 1730. The molecule has 0 saturated carbocycles. The van der Waals surface area contributed by atoms with Gasteiger partial charge in [0.1, 0.15) is 46.8 Å². The number of aromatic nitrogens is 6. The minimum absolute atomic E-state index is 0.191. The Balaban J connectivity index is 1.18. The van der Waals surface area contributed by atoms with Gasteiger partial charge in [-0.15, -0.1) is 5.10 Å². The molecule has 3 fully saturated rings. The van der Waals surface area contributed by atoms with Gasteiger partial charge in [-0.25, -0.2) is 26.8 Å².